The van der Waals surface area contributed by atoms with Crippen LogP contribution in [0.5, 0.6) is 0 Å². The fourth-order valence-corrected chi connectivity index (χ4v) is 1.65. The van der Waals surface area contributed by atoms with Crippen LogP contribution in [0, 0.1) is 0 Å². The van der Waals surface area contributed by atoms with E-state index in [2.05, 4.69) is 43.3 Å². The Kier molecular flexibility index (Phi) is 20.8. The molecule has 0 unspecified atom stereocenters. The first kappa shape index (κ1) is 24.2. The highest BCUT2D eigenvalue weighted by atomic mass is 127. The Morgan fingerprint density at radius 3 is 2.36 bits per heavy atom. The van der Waals surface area contributed by atoms with Gasteiger partial charge in [-0.3, -0.25) is 4.99 Å². The molecule has 0 heterocycles. The van der Waals surface area contributed by atoms with Gasteiger partial charge in [0.2, 0.25) is 0 Å². The Morgan fingerprint density at radius 1 is 1.00 bits per heavy atom. The number of ether oxygens (including phenoxy) is 2. The van der Waals surface area contributed by atoms with Gasteiger partial charge in [0.25, 0.3) is 0 Å². The van der Waals surface area contributed by atoms with Gasteiger partial charge in [-0.05, 0) is 40.0 Å². The Morgan fingerprint density at radius 2 is 1.73 bits per heavy atom. The van der Waals surface area contributed by atoms with Gasteiger partial charge in [-0.15, -0.1) is 24.0 Å². The topological polar surface area (TPSA) is 54.9 Å². The van der Waals surface area contributed by atoms with Gasteiger partial charge in [-0.25, -0.2) is 0 Å². The second-order valence-electron chi connectivity index (χ2n) is 5.28. The predicted molar refractivity (Wildman–Crippen MR) is 105 cm³/mol. The lowest BCUT2D eigenvalue weighted by molar-refractivity contribution is 0.0776. The molecule has 0 radical (unpaired) electrons. The highest BCUT2D eigenvalue weighted by molar-refractivity contribution is 14.0. The van der Waals surface area contributed by atoms with Crippen LogP contribution < -0.4 is 10.6 Å². The molecule has 0 saturated heterocycles. The molecule has 0 aliphatic carbocycles. The third kappa shape index (κ3) is 18.0. The van der Waals surface area contributed by atoms with Gasteiger partial charge in [-0.1, -0.05) is 13.3 Å². The maximum atomic E-state index is 5.52. The molecule has 0 aromatic rings. The quantitative estimate of drug-likeness (QED) is 0.204. The van der Waals surface area contributed by atoms with Gasteiger partial charge in [0.05, 0.1) is 6.10 Å². The average molecular weight is 429 g/mol. The third-order valence-corrected chi connectivity index (χ3v) is 2.77. The first-order chi connectivity index (χ1) is 10.2. The third-order valence-electron chi connectivity index (χ3n) is 2.77. The normalized spacial score (nSPS) is 11.4. The zero-order chi connectivity index (χ0) is 15.8. The van der Waals surface area contributed by atoms with Gasteiger partial charge < -0.3 is 20.1 Å². The number of aliphatic imine (C=N–C) groups is 1. The SMILES string of the molecule is CCCCOCCCN=C(NCC)NCCCOC(C)C.I. The largest absolute Gasteiger partial charge is 0.381 e. The maximum Gasteiger partial charge on any atom is 0.191 e. The summed E-state index contributed by atoms with van der Waals surface area (Å²) < 4.78 is 11.0. The fraction of sp³-hybridized carbons (Fsp3) is 0.938. The minimum Gasteiger partial charge on any atom is -0.381 e. The van der Waals surface area contributed by atoms with Crippen molar-refractivity contribution in [3.63, 3.8) is 0 Å². The van der Waals surface area contributed by atoms with Crippen molar-refractivity contribution in [2.24, 2.45) is 4.99 Å². The predicted octanol–water partition coefficient (Wildman–Crippen LogP) is 3.18. The molecule has 0 aromatic carbocycles. The highest BCUT2D eigenvalue weighted by Crippen LogP contribution is 1.91. The zero-order valence-electron chi connectivity index (χ0n) is 14.8. The lowest BCUT2D eigenvalue weighted by atomic mass is 10.4. The minimum absolute atomic E-state index is 0. The number of nitrogens with one attached hydrogen (secondary N) is 2. The van der Waals surface area contributed by atoms with Gasteiger partial charge in [0.15, 0.2) is 5.96 Å². The molecule has 2 N–H and O–H groups in total. The summed E-state index contributed by atoms with van der Waals surface area (Å²) in [5, 5.41) is 6.57. The molecule has 0 aliphatic heterocycles. The molecule has 0 amide bonds. The van der Waals surface area contributed by atoms with Crippen LogP contribution in [0.4, 0.5) is 0 Å². The maximum absolute atomic E-state index is 5.52. The smallest absolute Gasteiger partial charge is 0.191 e. The van der Waals surface area contributed by atoms with E-state index in [1.165, 1.54) is 6.42 Å². The van der Waals surface area contributed by atoms with Crippen molar-refractivity contribution < 1.29 is 9.47 Å². The molecule has 0 bridgehead atoms. The average Bonchev–Trinajstić information content (AvgIpc) is 2.45. The van der Waals surface area contributed by atoms with Crippen LogP contribution in [0.1, 0.15) is 53.4 Å². The summed E-state index contributed by atoms with van der Waals surface area (Å²) >= 11 is 0. The Hall–Kier alpha value is -0.0800. The summed E-state index contributed by atoms with van der Waals surface area (Å²) in [5.41, 5.74) is 0. The molecular weight excluding hydrogens is 393 g/mol. The molecule has 0 rings (SSSR count). The summed E-state index contributed by atoms with van der Waals surface area (Å²) in [6.45, 7) is 13.4. The molecule has 5 nitrogen and oxygen atoms in total. The van der Waals surface area contributed by atoms with Crippen LogP contribution in [-0.2, 0) is 9.47 Å². The summed E-state index contributed by atoms with van der Waals surface area (Å²) in [4.78, 5) is 4.54. The lowest BCUT2D eigenvalue weighted by Crippen LogP contribution is -2.38. The van der Waals surface area contributed by atoms with Gasteiger partial charge in [-0.2, -0.15) is 0 Å². The molecule has 0 aromatic heterocycles. The minimum atomic E-state index is 0. The summed E-state index contributed by atoms with van der Waals surface area (Å²) in [5.74, 6) is 0.885. The monoisotopic (exact) mass is 429 g/mol. The summed E-state index contributed by atoms with van der Waals surface area (Å²) in [6.07, 6.45) is 4.60. The second kappa shape index (κ2) is 19.0. The van der Waals surface area contributed by atoms with E-state index in [0.717, 1.165) is 64.7 Å². The molecule has 0 atom stereocenters. The van der Waals surface area contributed by atoms with E-state index in [4.69, 9.17) is 9.47 Å². The second-order valence-corrected chi connectivity index (χ2v) is 5.28. The first-order valence-electron chi connectivity index (χ1n) is 8.42. The lowest BCUT2D eigenvalue weighted by Gasteiger charge is -2.12. The van der Waals surface area contributed by atoms with Crippen molar-refractivity contribution >= 4 is 29.9 Å². The number of guanidine groups is 1. The van der Waals surface area contributed by atoms with Crippen LogP contribution >= 0.6 is 24.0 Å². The van der Waals surface area contributed by atoms with Crippen molar-refractivity contribution in [3.05, 3.63) is 0 Å². The van der Waals surface area contributed by atoms with E-state index in [0.29, 0.717) is 6.10 Å². The van der Waals surface area contributed by atoms with Gasteiger partial charge in [0.1, 0.15) is 0 Å². The number of rotatable bonds is 13. The molecule has 134 valence electrons. The summed E-state index contributed by atoms with van der Waals surface area (Å²) in [7, 11) is 0. The van der Waals surface area contributed by atoms with Crippen LogP contribution in [-0.4, -0.2) is 51.5 Å². The van der Waals surface area contributed by atoms with Crippen molar-refractivity contribution in [1.29, 1.82) is 0 Å². The van der Waals surface area contributed by atoms with Crippen molar-refractivity contribution in [1.82, 2.24) is 10.6 Å². The molecule has 0 aliphatic rings. The number of hydrogen-bond donors (Lipinski definition) is 2. The van der Waals surface area contributed by atoms with E-state index in [1.807, 2.05) is 0 Å². The summed E-state index contributed by atoms with van der Waals surface area (Å²) in [6, 6.07) is 0. The van der Waals surface area contributed by atoms with Crippen LogP contribution in [0.15, 0.2) is 4.99 Å². The molecular formula is C16H36IN3O2. The van der Waals surface area contributed by atoms with E-state index >= 15 is 0 Å². The van der Waals surface area contributed by atoms with E-state index in [-0.39, 0.29) is 24.0 Å². The van der Waals surface area contributed by atoms with Crippen molar-refractivity contribution in [2.45, 2.75) is 59.5 Å². The Balaban J connectivity index is 0. The molecule has 0 fully saturated rings. The van der Waals surface area contributed by atoms with Gasteiger partial charge >= 0.3 is 0 Å². The van der Waals surface area contributed by atoms with Crippen molar-refractivity contribution in [3.8, 4) is 0 Å². The molecule has 0 spiro atoms. The van der Waals surface area contributed by atoms with Gasteiger partial charge in [0, 0.05) is 39.5 Å². The number of hydrogen-bond acceptors (Lipinski definition) is 3. The standard InChI is InChI=1S/C16H35N3O2.HI/c1-5-7-12-20-13-8-10-18-16(17-6-2)19-11-9-14-21-15(3)4;/h15H,5-14H2,1-4H3,(H2,17,18,19);1H. The number of nitrogens with zero attached hydrogens (tertiary/aromatic N) is 1. The number of halogens is 1. The molecule has 22 heavy (non-hydrogen) atoms. The number of unbranched alkanes of at least 4 members (excludes halogenated alkanes) is 1. The Bertz CT molecular complexity index is 252. The first-order valence-corrected chi connectivity index (χ1v) is 8.42. The van der Waals surface area contributed by atoms with Crippen LogP contribution in [0.25, 0.3) is 0 Å². The van der Waals surface area contributed by atoms with E-state index in [1.54, 1.807) is 0 Å². The van der Waals surface area contributed by atoms with Crippen LogP contribution in [0.2, 0.25) is 0 Å². The van der Waals surface area contributed by atoms with Crippen molar-refractivity contribution in [2.75, 3.05) is 39.5 Å². The zero-order valence-corrected chi connectivity index (χ0v) is 17.2. The molecule has 0 saturated carbocycles. The van der Waals surface area contributed by atoms with E-state index < -0.39 is 0 Å². The van der Waals surface area contributed by atoms with E-state index in [9.17, 15) is 0 Å². The Labute approximate surface area is 154 Å². The highest BCUT2D eigenvalue weighted by Gasteiger charge is 1.97. The molecule has 6 heteroatoms. The van der Waals surface area contributed by atoms with Crippen LogP contribution in [0.3, 0.4) is 0 Å². The fourth-order valence-electron chi connectivity index (χ4n) is 1.65.